The van der Waals surface area contributed by atoms with Crippen LogP contribution in [0.1, 0.15) is 0 Å². The molecule has 1 aliphatic rings. The van der Waals surface area contributed by atoms with E-state index in [1.165, 1.54) is 11.3 Å². The average molecular weight is 399 g/mol. The summed E-state index contributed by atoms with van der Waals surface area (Å²) < 4.78 is 12.1. The number of benzene rings is 1. The van der Waals surface area contributed by atoms with Crippen LogP contribution in [0.3, 0.4) is 0 Å². The molecule has 1 unspecified atom stereocenters. The van der Waals surface area contributed by atoms with E-state index in [0.717, 1.165) is 16.8 Å². The molecule has 3 heterocycles. The van der Waals surface area contributed by atoms with E-state index in [2.05, 4.69) is 20.6 Å². The highest BCUT2D eigenvalue weighted by Crippen LogP contribution is 2.32. The summed E-state index contributed by atoms with van der Waals surface area (Å²) in [5.41, 5.74) is 0.752. The van der Waals surface area contributed by atoms with Gasteiger partial charge in [0.25, 0.3) is 0 Å². The summed E-state index contributed by atoms with van der Waals surface area (Å²) in [5.74, 6) is 1.38. The Balaban J connectivity index is 1.44. The number of rotatable bonds is 5. The van der Waals surface area contributed by atoms with Gasteiger partial charge >= 0.3 is 6.03 Å². The molecule has 1 fully saturated rings. The number of fused-ring (bicyclic) bond motifs is 1. The molecule has 1 aliphatic heterocycles. The maximum absolute atomic E-state index is 12.9. The molecule has 28 heavy (non-hydrogen) atoms. The lowest BCUT2D eigenvalue weighted by Gasteiger charge is -2.35. The first-order valence-electron chi connectivity index (χ1n) is 8.99. The van der Waals surface area contributed by atoms with Gasteiger partial charge in [0, 0.05) is 25.8 Å². The van der Waals surface area contributed by atoms with Crippen molar-refractivity contribution in [2.24, 2.45) is 0 Å². The Kier molecular flexibility index (Phi) is 5.54. The second-order valence-electron chi connectivity index (χ2n) is 6.31. The Bertz CT molecular complexity index is 949. The fourth-order valence-electron chi connectivity index (χ4n) is 3.11. The van der Waals surface area contributed by atoms with Crippen molar-refractivity contribution in [2.75, 3.05) is 38.7 Å². The second-order valence-corrected chi connectivity index (χ2v) is 7.34. The zero-order valence-corrected chi connectivity index (χ0v) is 16.2. The van der Waals surface area contributed by atoms with Gasteiger partial charge in [-0.25, -0.2) is 9.78 Å². The predicted octanol–water partition coefficient (Wildman–Crippen LogP) is 2.58. The molecule has 3 aromatic rings. The van der Waals surface area contributed by atoms with Gasteiger partial charge in [0.2, 0.25) is 0 Å². The summed E-state index contributed by atoms with van der Waals surface area (Å²) in [5, 5.41) is 6.78. The number of piperazine rings is 1. The fraction of sp³-hybridized carbons (Fsp3) is 0.316. The van der Waals surface area contributed by atoms with Crippen LogP contribution in [-0.4, -0.2) is 60.3 Å². The summed E-state index contributed by atoms with van der Waals surface area (Å²) in [7, 11) is 1.61. The first-order chi connectivity index (χ1) is 13.7. The molecule has 0 radical (unpaired) electrons. The van der Waals surface area contributed by atoms with Crippen molar-refractivity contribution in [1.29, 1.82) is 0 Å². The second kappa shape index (κ2) is 8.41. The maximum atomic E-state index is 12.9. The maximum Gasteiger partial charge on any atom is 0.324 e. The van der Waals surface area contributed by atoms with Crippen LogP contribution in [0.4, 0.5) is 9.93 Å². The highest BCUT2D eigenvalue weighted by atomic mass is 32.1. The molecule has 9 heteroatoms. The molecule has 0 saturated carbocycles. The van der Waals surface area contributed by atoms with E-state index >= 15 is 0 Å². The highest BCUT2D eigenvalue weighted by Gasteiger charge is 2.28. The number of hydrogen-bond donors (Lipinski definition) is 2. The zero-order chi connectivity index (χ0) is 19.3. The van der Waals surface area contributed by atoms with Crippen LogP contribution >= 0.6 is 11.3 Å². The van der Waals surface area contributed by atoms with E-state index < -0.39 is 0 Å². The van der Waals surface area contributed by atoms with E-state index in [4.69, 9.17) is 9.47 Å². The van der Waals surface area contributed by atoms with Crippen molar-refractivity contribution in [1.82, 2.24) is 20.2 Å². The number of carbonyl (C=O) groups is 1. The Morgan fingerprint density at radius 2 is 2.32 bits per heavy atom. The quantitative estimate of drug-likeness (QED) is 0.686. The first kappa shape index (κ1) is 18.5. The molecular formula is C19H21N5O3S. The van der Waals surface area contributed by atoms with Gasteiger partial charge in [0.1, 0.15) is 23.6 Å². The standard InChI is InChI=1S/C19H21N5O3S/c1-26-15-5-2-6-16-17(15)22-18(28-16)23-19(25)24-9-8-21-10-13(24)12-27-14-4-3-7-20-11-14/h2-7,11,13,21H,8-10,12H2,1H3,(H,22,23,25). The molecule has 1 aromatic carbocycles. The molecule has 4 rings (SSSR count). The summed E-state index contributed by atoms with van der Waals surface area (Å²) in [6.07, 6.45) is 3.36. The average Bonchev–Trinajstić information content (AvgIpc) is 3.15. The first-order valence-corrected chi connectivity index (χ1v) is 9.81. The number of amides is 2. The van der Waals surface area contributed by atoms with Crippen molar-refractivity contribution >= 4 is 32.7 Å². The van der Waals surface area contributed by atoms with Gasteiger partial charge in [-0.15, -0.1) is 0 Å². The van der Waals surface area contributed by atoms with E-state index in [1.807, 2.05) is 30.3 Å². The van der Waals surface area contributed by atoms with Crippen molar-refractivity contribution in [2.45, 2.75) is 6.04 Å². The highest BCUT2D eigenvalue weighted by molar-refractivity contribution is 7.22. The number of aromatic nitrogens is 2. The number of thiazole rings is 1. The normalized spacial score (nSPS) is 16.8. The third kappa shape index (κ3) is 4.00. The number of carbonyl (C=O) groups excluding carboxylic acids is 1. The number of hydrogen-bond acceptors (Lipinski definition) is 7. The van der Waals surface area contributed by atoms with Crippen molar-refractivity contribution in [3.8, 4) is 11.5 Å². The lowest BCUT2D eigenvalue weighted by molar-refractivity contribution is 0.133. The lowest BCUT2D eigenvalue weighted by atomic mass is 10.2. The minimum absolute atomic E-state index is 0.0853. The molecule has 2 N–H and O–H groups in total. The van der Waals surface area contributed by atoms with Crippen LogP contribution in [-0.2, 0) is 0 Å². The van der Waals surface area contributed by atoms with Gasteiger partial charge in [0.15, 0.2) is 5.13 Å². The predicted molar refractivity (Wildman–Crippen MR) is 108 cm³/mol. The van der Waals surface area contributed by atoms with E-state index in [-0.39, 0.29) is 12.1 Å². The van der Waals surface area contributed by atoms with Gasteiger partial charge in [-0.1, -0.05) is 17.4 Å². The number of anilines is 1. The summed E-state index contributed by atoms with van der Waals surface area (Å²) in [6.45, 7) is 2.40. The van der Waals surface area contributed by atoms with Crippen molar-refractivity contribution < 1.29 is 14.3 Å². The number of methoxy groups -OCH3 is 1. The van der Waals surface area contributed by atoms with E-state index in [0.29, 0.717) is 36.3 Å². The molecule has 146 valence electrons. The molecule has 8 nitrogen and oxygen atoms in total. The number of nitrogens with zero attached hydrogens (tertiary/aromatic N) is 3. The van der Waals surface area contributed by atoms with Gasteiger partial charge in [-0.05, 0) is 24.3 Å². The number of urea groups is 1. The third-order valence-electron chi connectivity index (χ3n) is 4.50. The number of pyridine rings is 1. The zero-order valence-electron chi connectivity index (χ0n) is 15.4. The number of nitrogens with one attached hydrogen (secondary N) is 2. The van der Waals surface area contributed by atoms with Gasteiger partial charge in [-0.2, -0.15) is 0 Å². The topological polar surface area (TPSA) is 88.6 Å². The van der Waals surface area contributed by atoms with Crippen molar-refractivity contribution in [3.05, 3.63) is 42.7 Å². The minimum atomic E-state index is -0.181. The Morgan fingerprint density at radius 3 is 3.14 bits per heavy atom. The monoisotopic (exact) mass is 399 g/mol. The van der Waals surface area contributed by atoms with Crippen LogP contribution in [0.5, 0.6) is 11.5 Å². The summed E-state index contributed by atoms with van der Waals surface area (Å²) >= 11 is 1.43. The van der Waals surface area contributed by atoms with Crippen LogP contribution in [0.25, 0.3) is 10.2 Å². The Labute approximate surface area is 166 Å². The smallest absolute Gasteiger partial charge is 0.324 e. The molecule has 0 aliphatic carbocycles. The molecule has 1 saturated heterocycles. The van der Waals surface area contributed by atoms with Crippen molar-refractivity contribution in [3.63, 3.8) is 0 Å². The van der Waals surface area contributed by atoms with E-state index in [1.54, 1.807) is 24.4 Å². The minimum Gasteiger partial charge on any atom is -0.494 e. The van der Waals surface area contributed by atoms with Gasteiger partial charge < -0.3 is 19.7 Å². The van der Waals surface area contributed by atoms with Gasteiger partial charge in [0.05, 0.1) is 24.0 Å². The molecule has 2 amide bonds. The largest absolute Gasteiger partial charge is 0.494 e. The van der Waals surface area contributed by atoms with Gasteiger partial charge in [-0.3, -0.25) is 10.3 Å². The van der Waals surface area contributed by atoms with Crippen LogP contribution in [0.15, 0.2) is 42.7 Å². The molecular weight excluding hydrogens is 378 g/mol. The lowest BCUT2D eigenvalue weighted by Crippen LogP contribution is -2.57. The summed E-state index contributed by atoms with van der Waals surface area (Å²) in [6, 6.07) is 9.13. The number of para-hydroxylation sites is 1. The molecule has 0 bridgehead atoms. The van der Waals surface area contributed by atoms with Crippen LogP contribution in [0, 0.1) is 0 Å². The van der Waals surface area contributed by atoms with E-state index in [9.17, 15) is 4.79 Å². The Morgan fingerprint density at radius 1 is 1.39 bits per heavy atom. The molecule has 2 aromatic heterocycles. The SMILES string of the molecule is COc1cccc2sc(NC(=O)N3CCNCC3COc3cccnc3)nc12. The van der Waals surface area contributed by atoms with Crippen LogP contribution in [0.2, 0.25) is 0 Å². The Hall–Kier alpha value is -2.91. The fourth-order valence-corrected chi connectivity index (χ4v) is 3.98. The summed E-state index contributed by atoms with van der Waals surface area (Å²) in [4.78, 5) is 23.2. The van der Waals surface area contributed by atoms with Crippen LogP contribution < -0.4 is 20.1 Å². The number of ether oxygens (including phenoxy) is 2. The molecule has 0 spiro atoms. The third-order valence-corrected chi connectivity index (χ3v) is 5.44. The molecule has 1 atom stereocenters.